The quantitative estimate of drug-likeness (QED) is 0.793. The summed E-state index contributed by atoms with van der Waals surface area (Å²) in [6.45, 7) is 5.42. The van der Waals surface area contributed by atoms with Crippen LogP contribution in [0.5, 0.6) is 5.75 Å². The molecule has 4 nitrogen and oxygen atoms in total. The predicted molar refractivity (Wildman–Crippen MR) is 71.1 cm³/mol. The molecular formula is C14H20N2O2. The summed E-state index contributed by atoms with van der Waals surface area (Å²) in [4.78, 5) is 16.6. The summed E-state index contributed by atoms with van der Waals surface area (Å²) < 4.78 is 5.30. The lowest BCUT2D eigenvalue weighted by Gasteiger charge is -2.32. The molecule has 1 amide bonds. The molecular weight excluding hydrogens is 228 g/mol. The molecule has 1 aromatic rings. The zero-order chi connectivity index (χ0) is 13.1. The number of hydrogen-bond donors (Lipinski definition) is 0. The number of carbonyl (C=O) groups excluding carboxylic acids is 1. The van der Waals surface area contributed by atoms with Gasteiger partial charge in [-0.1, -0.05) is 6.07 Å². The normalized spacial score (nSPS) is 16.7. The van der Waals surface area contributed by atoms with Crippen LogP contribution in [0, 0.1) is 6.92 Å². The Morgan fingerprint density at radius 2 is 1.89 bits per heavy atom. The Morgan fingerprint density at radius 1 is 1.22 bits per heavy atom. The van der Waals surface area contributed by atoms with E-state index in [1.807, 2.05) is 30.0 Å². The summed E-state index contributed by atoms with van der Waals surface area (Å²) in [7, 11) is 3.68. The Morgan fingerprint density at radius 3 is 2.50 bits per heavy atom. The van der Waals surface area contributed by atoms with Crippen LogP contribution in [0.25, 0.3) is 0 Å². The minimum Gasteiger partial charge on any atom is -0.496 e. The van der Waals surface area contributed by atoms with Crippen LogP contribution in [-0.2, 0) is 0 Å². The van der Waals surface area contributed by atoms with Crippen molar-refractivity contribution in [2.45, 2.75) is 6.92 Å². The number of rotatable bonds is 2. The largest absolute Gasteiger partial charge is 0.496 e. The van der Waals surface area contributed by atoms with Gasteiger partial charge in [0.15, 0.2) is 0 Å². The maximum absolute atomic E-state index is 12.4. The highest BCUT2D eigenvalue weighted by atomic mass is 16.5. The third-order valence-electron chi connectivity index (χ3n) is 3.38. The van der Waals surface area contributed by atoms with Crippen molar-refractivity contribution in [3.8, 4) is 5.75 Å². The number of likely N-dealkylation sites (N-methyl/N-ethyl adjacent to an activating group) is 1. The number of aryl methyl sites for hydroxylation is 1. The van der Waals surface area contributed by atoms with Crippen molar-refractivity contribution in [3.05, 3.63) is 29.3 Å². The van der Waals surface area contributed by atoms with Gasteiger partial charge in [0.1, 0.15) is 5.75 Å². The van der Waals surface area contributed by atoms with E-state index in [-0.39, 0.29) is 5.91 Å². The molecule has 0 aliphatic carbocycles. The number of methoxy groups -OCH3 is 1. The first-order chi connectivity index (χ1) is 8.61. The Bertz CT molecular complexity index is 437. The average molecular weight is 248 g/mol. The van der Waals surface area contributed by atoms with Gasteiger partial charge in [-0.05, 0) is 31.7 Å². The molecule has 0 radical (unpaired) electrons. The van der Waals surface area contributed by atoms with Gasteiger partial charge in [0, 0.05) is 26.2 Å². The molecule has 0 atom stereocenters. The zero-order valence-corrected chi connectivity index (χ0v) is 11.3. The number of ether oxygens (including phenoxy) is 1. The molecule has 1 saturated heterocycles. The number of nitrogens with zero attached hydrogens (tertiary/aromatic N) is 2. The molecule has 0 N–H and O–H groups in total. The van der Waals surface area contributed by atoms with Crippen molar-refractivity contribution in [1.82, 2.24) is 9.80 Å². The standard InChI is InChI=1S/C14H20N2O2/c1-11-4-5-12(13(10-11)18-3)14(17)16-8-6-15(2)7-9-16/h4-5,10H,6-9H2,1-3H3. The molecule has 1 aliphatic rings. The van der Waals surface area contributed by atoms with Crippen molar-refractivity contribution in [3.63, 3.8) is 0 Å². The third kappa shape index (κ3) is 2.64. The van der Waals surface area contributed by atoms with Crippen LogP contribution in [0.3, 0.4) is 0 Å². The summed E-state index contributed by atoms with van der Waals surface area (Å²) in [6.07, 6.45) is 0. The van der Waals surface area contributed by atoms with Gasteiger partial charge in [-0.25, -0.2) is 0 Å². The van der Waals surface area contributed by atoms with Crippen molar-refractivity contribution in [2.24, 2.45) is 0 Å². The fourth-order valence-electron chi connectivity index (χ4n) is 2.16. The molecule has 0 unspecified atom stereocenters. The molecule has 4 heteroatoms. The Balaban J connectivity index is 2.18. The predicted octanol–water partition coefficient (Wildman–Crippen LogP) is 1.39. The smallest absolute Gasteiger partial charge is 0.257 e. The van der Waals surface area contributed by atoms with E-state index >= 15 is 0 Å². The summed E-state index contributed by atoms with van der Waals surface area (Å²) >= 11 is 0. The summed E-state index contributed by atoms with van der Waals surface area (Å²) in [5.74, 6) is 0.735. The fourth-order valence-corrected chi connectivity index (χ4v) is 2.16. The van der Waals surface area contributed by atoms with Gasteiger partial charge in [-0.15, -0.1) is 0 Å². The van der Waals surface area contributed by atoms with Crippen molar-refractivity contribution in [2.75, 3.05) is 40.3 Å². The van der Waals surface area contributed by atoms with Crippen LogP contribution in [-0.4, -0.2) is 56.0 Å². The van der Waals surface area contributed by atoms with Crippen molar-refractivity contribution in [1.29, 1.82) is 0 Å². The molecule has 18 heavy (non-hydrogen) atoms. The summed E-state index contributed by atoms with van der Waals surface area (Å²) in [6, 6.07) is 5.71. The van der Waals surface area contributed by atoms with Gasteiger partial charge < -0.3 is 14.5 Å². The van der Waals surface area contributed by atoms with Crippen molar-refractivity contribution >= 4 is 5.91 Å². The molecule has 1 heterocycles. The first kappa shape index (κ1) is 12.9. The second-order valence-corrected chi connectivity index (χ2v) is 4.80. The van der Waals surface area contributed by atoms with Gasteiger partial charge in [-0.3, -0.25) is 4.79 Å². The van der Waals surface area contributed by atoms with Crippen LogP contribution in [0.2, 0.25) is 0 Å². The molecule has 1 fully saturated rings. The molecule has 2 rings (SSSR count). The first-order valence-electron chi connectivity index (χ1n) is 6.24. The maximum atomic E-state index is 12.4. The maximum Gasteiger partial charge on any atom is 0.257 e. The van der Waals surface area contributed by atoms with E-state index in [2.05, 4.69) is 11.9 Å². The number of hydrogen-bond acceptors (Lipinski definition) is 3. The van der Waals surface area contributed by atoms with Crippen LogP contribution < -0.4 is 4.74 Å². The monoisotopic (exact) mass is 248 g/mol. The van der Waals surface area contributed by atoms with E-state index in [0.29, 0.717) is 11.3 Å². The van der Waals surface area contributed by atoms with E-state index < -0.39 is 0 Å². The van der Waals surface area contributed by atoms with E-state index in [0.717, 1.165) is 31.7 Å². The van der Waals surface area contributed by atoms with Gasteiger partial charge >= 0.3 is 0 Å². The number of carbonyl (C=O) groups is 1. The molecule has 1 aromatic carbocycles. The first-order valence-corrected chi connectivity index (χ1v) is 6.24. The van der Waals surface area contributed by atoms with E-state index in [4.69, 9.17) is 4.74 Å². The van der Waals surface area contributed by atoms with Gasteiger partial charge in [0.25, 0.3) is 5.91 Å². The Kier molecular flexibility index (Phi) is 3.87. The van der Waals surface area contributed by atoms with Gasteiger partial charge in [0.2, 0.25) is 0 Å². The minimum absolute atomic E-state index is 0.0694. The van der Waals surface area contributed by atoms with E-state index in [1.54, 1.807) is 7.11 Å². The van der Waals surface area contributed by atoms with Crippen LogP contribution in [0.1, 0.15) is 15.9 Å². The van der Waals surface area contributed by atoms with Gasteiger partial charge in [0.05, 0.1) is 12.7 Å². The minimum atomic E-state index is 0.0694. The summed E-state index contributed by atoms with van der Waals surface area (Å²) in [5, 5.41) is 0. The van der Waals surface area contributed by atoms with Crippen molar-refractivity contribution < 1.29 is 9.53 Å². The molecule has 0 bridgehead atoms. The zero-order valence-electron chi connectivity index (χ0n) is 11.3. The Hall–Kier alpha value is -1.55. The van der Waals surface area contributed by atoms with Gasteiger partial charge in [-0.2, -0.15) is 0 Å². The highest BCUT2D eigenvalue weighted by Crippen LogP contribution is 2.22. The number of benzene rings is 1. The van der Waals surface area contributed by atoms with Crippen LogP contribution in [0.15, 0.2) is 18.2 Å². The molecule has 0 saturated carbocycles. The lowest BCUT2D eigenvalue weighted by molar-refractivity contribution is 0.0661. The molecule has 1 aliphatic heterocycles. The lowest BCUT2D eigenvalue weighted by atomic mass is 10.1. The second kappa shape index (κ2) is 5.40. The lowest BCUT2D eigenvalue weighted by Crippen LogP contribution is -2.47. The molecule has 98 valence electrons. The van der Waals surface area contributed by atoms with E-state index in [9.17, 15) is 4.79 Å². The van der Waals surface area contributed by atoms with E-state index in [1.165, 1.54) is 0 Å². The topological polar surface area (TPSA) is 32.8 Å². The summed E-state index contributed by atoms with van der Waals surface area (Å²) in [5.41, 5.74) is 1.76. The molecule has 0 aromatic heterocycles. The second-order valence-electron chi connectivity index (χ2n) is 4.80. The fraction of sp³-hybridized carbons (Fsp3) is 0.500. The SMILES string of the molecule is COc1cc(C)ccc1C(=O)N1CCN(C)CC1. The number of amides is 1. The Labute approximate surface area is 108 Å². The number of piperazine rings is 1. The van der Waals surface area contributed by atoms with Crippen LogP contribution >= 0.6 is 0 Å². The average Bonchev–Trinajstić information content (AvgIpc) is 2.38. The third-order valence-corrected chi connectivity index (χ3v) is 3.38. The highest BCUT2D eigenvalue weighted by molar-refractivity contribution is 5.97. The molecule has 0 spiro atoms. The van der Waals surface area contributed by atoms with Crippen LogP contribution in [0.4, 0.5) is 0 Å². The highest BCUT2D eigenvalue weighted by Gasteiger charge is 2.22.